The van der Waals surface area contributed by atoms with Gasteiger partial charge in [0.2, 0.25) is 11.4 Å². The summed E-state index contributed by atoms with van der Waals surface area (Å²) in [6.07, 6.45) is 7.61. The largest absolute Gasteiger partial charge is 0.618 e. The highest BCUT2D eigenvalue weighted by atomic mass is 16.5. The van der Waals surface area contributed by atoms with E-state index < -0.39 is 0 Å². The summed E-state index contributed by atoms with van der Waals surface area (Å²) in [4.78, 5) is 4.12. The molecule has 0 unspecified atom stereocenters. The van der Waals surface area contributed by atoms with Crippen LogP contribution in [0.1, 0.15) is 22.5 Å². The average molecular weight is 386 g/mol. The fraction of sp³-hybridized carbons (Fsp3) is 0.160. The predicted octanol–water partition coefficient (Wildman–Crippen LogP) is 4.79. The first-order valence-electron chi connectivity index (χ1n) is 9.57. The van der Waals surface area contributed by atoms with E-state index in [1.54, 1.807) is 0 Å². The molecule has 3 aromatic rings. The van der Waals surface area contributed by atoms with Crippen molar-refractivity contribution >= 4 is 35.7 Å². The van der Waals surface area contributed by atoms with Gasteiger partial charge in [-0.2, -0.15) is 4.73 Å². The molecule has 0 aliphatic heterocycles. The van der Waals surface area contributed by atoms with Gasteiger partial charge in [0.15, 0.2) is 0 Å². The Morgan fingerprint density at radius 3 is 1.31 bits per heavy atom. The number of rotatable bonds is 6. The van der Waals surface area contributed by atoms with Gasteiger partial charge in [0.25, 0.3) is 0 Å². The van der Waals surface area contributed by atoms with Gasteiger partial charge in [0.1, 0.15) is 0 Å². The van der Waals surface area contributed by atoms with Crippen molar-refractivity contribution in [2.45, 2.75) is 0 Å². The van der Waals surface area contributed by atoms with Crippen LogP contribution in [0.4, 0.5) is 11.4 Å². The summed E-state index contributed by atoms with van der Waals surface area (Å²) in [5.41, 5.74) is 5.60. The lowest BCUT2D eigenvalue weighted by atomic mass is 10.1. The second-order valence-electron chi connectivity index (χ2n) is 7.31. The molecule has 0 amide bonds. The highest BCUT2D eigenvalue weighted by molar-refractivity contribution is 5.70. The van der Waals surface area contributed by atoms with Gasteiger partial charge in [-0.1, -0.05) is 24.3 Å². The Balaban J connectivity index is 1.76. The number of nitrogens with zero attached hydrogens (tertiary/aromatic N) is 3. The SMILES string of the molecule is CN(C)c1ccc(/C=C\c2cccc(/C=C/c3ccc(N(C)C)cc3)[n+]2[O-])cc1. The molecular weight excluding hydrogens is 358 g/mol. The molecule has 1 aromatic heterocycles. The van der Waals surface area contributed by atoms with Crippen LogP contribution in [-0.2, 0) is 0 Å². The number of hydrogen-bond acceptors (Lipinski definition) is 3. The molecule has 0 N–H and O–H groups in total. The molecule has 4 nitrogen and oxygen atoms in total. The van der Waals surface area contributed by atoms with Gasteiger partial charge in [-0.3, -0.25) is 0 Å². The van der Waals surface area contributed by atoms with E-state index in [-0.39, 0.29) is 0 Å². The van der Waals surface area contributed by atoms with E-state index in [0.29, 0.717) is 11.4 Å². The third-order valence-corrected chi connectivity index (χ3v) is 4.72. The van der Waals surface area contributed by atoms with Gasteiger partial charge >= 0.3 is 0 Å². The van der Waals surface area contributed by atoms with Crippen LogP contribution in [0.5, 0.6) is 0 Å². The van der Waals surface area contributed by atoms with E-state index in [2.05, 4.69) is 34.1 Å². The van der Waals surface area contributed by atoms with Gasteiger partial charge in [0, 0.05) is 63.9 Å². The van der Waals surface area contributed by atoms with Gasteiger partial charge in [-0.15, -0.1) is 0 Å². The van der Waals surface area contributed by atoms with Crippen LogP contribution in [0, 0.1) is 5.21 Å². The molecule has 0 fully saturated rings. The first-order valence-corrected chi connectivity index (χ1v) is 9.57. The molecule has 0 spiro atoms. The monoisotopic (exact) mass is 385 g/mol. The predicted molar refractivity (Wildman–Crippen MR) is 125 cm³/mol. The van der Waals surface area contributed by atoms with E-state index in [9.17, 15) is 5.21 Å². The zero-order chi connectivity index (χ0) is 20.8. The summed E-state index contributed by atoms with van der Waals surface area (Å²) in [7, 11) is 8.06. The molecule has 2 aromatic carbocycles. The van der Waals surface area contributed by atoms with Crippen molar-refractivity contribution in [3.05, 3.63) is 94.5 Å². The van der Waals surface area contributed by atoms with Crippen molar-refractivity contribution < 1.29 is 4.73 Å². The van der Waals surface area contributed by atoms with Crippen LogP contribution in [0.25, 0.3) is 24.3 Å². The minimum Gasteiger partial charge on any atom is -0.618 e. The molecule has 0 radical (unpaired) electrons. The molecule has 148 valence electrons. The molecule has 0 bridgehead atoms. The Kier molecular flexibility index (Phi) is 6.35. The number of pyridine rings is 1. The Morgan fingerprint density at radius 1 is 0.586 bits per heavy atom. The summed E-state index contributed by atoms with van der Waals surface area (Å²) in [6, 6.07) is 22.0. The smallest absolute Gasteiger partial charge is 0.217 e. The first-order chi connectivity index (χ1) is 13.9. The third-order valence-electron chi connectivity index (χ3n) is 4.72. The summed E-state index contributed by atoms with van der Waals surface area (Å²) >= 11 is 0. The second kappa shape index (κ2) is 9.11. The summed E-state index contributed by atoms with van der Waals surface area (Å²) in [5.74, 6) is 0. The molecule has 0 aliphatic rings. The first kappa shape index (κ1) is 20.2. The number of anilines is 2. The van der Waals surface area contributed by atoms with Gasteiger partial charge < -0.3 is 15.0 Å². The molecule has 0 saturated carbocycles. The van der Waals surface area contributed by atoms with E-state index in [0.717, 1.165) is 27.2 Å². The van der Waals surface area contributed by atoms with Crippen LogP contribution in [0.3, 0.4) is 0 Å². The van der Waals surface area contributed by atoms with Crippen molar-refractivity contribution in [3.8, 4) is 0 Å². The minimum atomic E-state index is 0.604. The molecule has 3 rings (SSSR count). The summed E-state index contributed by atoms with van der Waals surface area (Å²) in [6.45, 7) is 0. The highest BCUT2D eigenvalue weighted by Gasteiger charge is 2.06. The maximum Gasteiger partial charge on any atom is 0.217 e. The Morgan fingerprint density at radius 2 is 0.966 bits per heavy atom. The Hall–Kier alpha value is -3.53. The summed E-state index contributed by atoms with van der Waals surface area (Å²) < 4.78 is 0.954. The van der Waals surface area contributed by atoms with Crippen LogP contribution < -0.4 is 14.5 Å². The van der Waals surface area contributed by atoms with Crippen molar-refractivity contribution in [2.24, 2.45) is 0 Å². The maximum absolute atomic E-state index is 12.7. The van der Waals surface area contributed by atoms with Crippen LogP contribution >= 0.6 is 0 Å². The fourth-order valence-electron chi connectivity index (χ4n) is 2.91. The molecule has 4 heteroatoms. The minimum absolute atomic E-state index is 0.604. The van der Waals surface area contributed by atoms with Crippen molar-refractivity contribution in [3.63, 3.8) is 0 Å². The van der Waals surface area contributed by atoms with Crippen molar-refractivity contribution in [1.29, 1.82) is 0 Å². The Labute approximate surface area is 173 Å². The number of benzene rings is 2. The van der Waals surface area contributed by atoms with Crippen LogP contribution in [0.2, 0.25) is 0 Å². The maximum atomic E-state index is 12.7. The molecule has 1 heterocycles. The third kappa shape index (κ3) is 5.26. The molecule has 0 aliphatic carbocycles. The molecule has 29 heavy (non-hydrogen) atoms. The van der Waals surface area contributed by atoms with Gasteiger partial charge in [0.05, 0.1) is 0 Å². The normalized spacial score (nSPS) is 11.3. The number of aromatic nitrogens is 1. The second-order valence-corrected chi connectivity index (χ2v) is 7.31. The Bertz CT molecular complexity index is 921. The van der Waals surface area contributed by atoms with Crippen LogP contribution in [-0.4, -0.2) is 28.2 Å². The number of hydrogen-bond donors (Lipinski definition) is 0. The zero-order valence-electron chi connectivity index (χ0n) is 17.4. The molecule has 0 saturated heterocycles. The lowest BCUT2D eigenvalue weighted by Crippen LogP contribution is -2.33. The van der Waals surface area contributed by atoms with E-state index in [4.69, 9.17) is 0 Å². The standard InChI is InChI=1S/C25H27N3O/c1-26(2)22-14-8-20(9-15-22)12-18-24-6-5-7-25(28(24)29)19-13-21-10-16-23(17-11-21)27(3)4/h5-19H,1-4H3/b18-12-,19-13+. The van der Waals surface area contributed by atoms with Crippen molar-refractivity contribution in [2.75, 3.05) is 38.0 Å². The van der Waals surface area contributed by atoms with Crippen molar-refractivity contribution in [1.82, 2.24) is 0 Å². The highest BCUT2D eigenvalue weighted by Crippen LogP contribution is 2.15. The van der Waals surface area contributed by atoms with Crippen LogP contribution in [0.15, 0.2) is 66.7 Å². The van der Waals surface area contributed by atoms with E-state index in [1.807, 2.05) is 95.0 Å². The summed E-state index contributed by atoms with van der Waals surface area (Å²) in [5, 5.41) is 12.7. The van der Waals surface area contributed by atoms with E-state index >= 15 is 0 Å². The topological polar surface area (TPSA) is 33.4 Å². The lowest BCUT2D eigenvalue weighted by Gasteiger charge is -2.11. The molecule has 0 atom stereocenters. The quantitative estimate of drug-likeness (QED) is 0.452. The zero-order valence-corrected chi connectivity index (χ0v) is 17.4. The van der Waals surface area contributed by atoms with E-state index in [1.165, 1.54) is 0 Å². The van der Waals surface area contributed by atoms with Gasteiger partial charge in [-0.25, -0.2) is 0 Å². The average Bonchev–Trinajstić information content (AvgIpc) is 2.72. The lowest BCUT2D eigenvalue weighted by molar-refractivity contribution is -0.609. The molecular formula is C25H27N3O. The van der Waals surface area contributed by atoms with Gasteiger partial charge in [-0.05, 0) is 53.6 Å². The fourth-order valence-corrected chi connectivity index (χ4v) is 2.91.